The van der Waals surface area contributed by atoms with Gasteiger partial charge in [0.2, 0.25) is 0 Å². The van der Waals surface area contributed by atoms with Crippen molar-refractivity contribution in [3.05, 3.63) is 35.2 Å². The van der Waals surface area contributed by atoms with Gasteiger partial charge in [0, 0.05) is 25.5 Å². The number of aliphatic hydroxyl groups is 1. The lowest BCUT2D eigenvalue weighted by atomic mass is 9.96. The highest BCUT2D eigenvalue weighted by Gasteiger charge is 2.24. The number of fused-ring (bicyclic) bond motifs is 1. The molecule has 0 aromatic carbocycles. The third kappa shape index (κ3) is 2.76. The Morgan fingerprint density at radius 1 is 1.42 bits per heavy atom. The van der Waals surface area contributed by atoms with Gasteiger partial charge in [-0.05, 0) is 31.0 Å². The molecule has 1 N–H and O–H groups in total. The van der Waals surface area contributed by atoms with Crippen LogP contribution in [0.25, 0.3) is 5.65 Å². The van der Waals surface area contributed by atoms with Crippen LogP contribution < -0.4 is 0 Å². The topological polar surface area (TPSA) is 40.8 Å². The highest BCUT2D eigenvalue weighted by atomic mass is 35.5. The molecule has 1 saturated heterocycles. The molecule has 0 saturated carbocycles. The average Bonchev–Trinajstić information content (AvgIpc) is 2.75. The summed E-state index contributed by atoms with van der Waals surface area (Å²) in [6.07, 6.45) is 4.69. The number of imidazole rings is 1. The lowest BCUT2D eigenvalue weighted by Gasteiger charge is -2.33. The van der Waals surface area contributed by atoms with E-state index in [0.29, 0.717) is 10.9 Å². The summed E-state index contributed by atoms with van der Waals surface area (Å²) in [5.41, 5.74) is 1.93. The molecule has 19 heavy (non-hydrogen) atoms. The predicted octanol–water partition coefficient (Wildman–Crippen LogP) is 2.19. The smallest absolute Gasteiger partial charge is 0.137 e. The van der Waals surface area contributed by atoms with E-state index in [1.165, 1.54) is 0 Å². The molecule has 2 atom stereocenters. The Labute approximate surface area is 117 Å². The fourth-order valence-corrected chi connectivity index (χ4v) is 2.75. The minimum Gasteiger partial charge on any atom is -0.392 e. The Morgan fingerprint density at radius 3 is 3.05 bits per heavy atom. The van der Waals surface area contributed by atoms with Gasteiger partial charge < -0.3 is 9.51 Å². The number of piperidine rings is 1. The fraction of sp³-hybridized carbons (Fsp3) is 0.500. The molecule has 0 spiro atoms. The molecule has 2 aromatic rings. The number of β-amino-alcohol motifs (C(OH)–C–C–N with tert-alkyl or cyclic N) is 1. The second kappa shape index (κ2) is 5.12. The van der Waals surface area contributed by atoms with E-state index in [1.54, 1.807) is 0 Å². The van der Waals surface area contributed by atoms with Crippen LogP contribution in [0.5, 0.6) is 0 Å². The van der Waals surface area contributed by atoms with E-state index in [1.807, 2.05) is 28.9 Å². The molecular weight excluding hydrogens is 262 g/mol. The molecule has 4 nitrogen and oxygen atoms in total. The zero-order valence-electron chi connectivity index (χ0n) is 11.0. The largest absolute Gasteiger partial charge is 0.392 e. The lowest BCUT2D eigenvalue weighted by Crippen LogP contribution is -2.42. The van der Waals surface area contributed by atoms with Crippen molar-refractivity contribution in [2.75, 3.05) is 13.1 Å². The number of aliphatic hydroxyl groups excluding tert-OH is 1. The van der Waals surface area contributed by atoms with Crippen LogP contribution in [0.1, 0.15) is 19.0 Å². The van der Waals surface area contributed by atoms with Gasteiger partial charge in [-0.2, -0.15) is 0 Å². The van der Waals surface area contributed by atoms with Crippen molar-refractivity contribution in [2.24, 2.45) is 5.92 Å². The first-order valence-corrected chi connectivity index (χ1v) is 7.03. The van der Waals surface area contributed by atoms with Gasteiger partial charge in [-0.1, -0.05) is 18.5 Å². The summed E-state index contributed by atoms with van der Waals surface area (Å²) in [7, 11) is 0. The first-order valence-electron chi connectivity index (χ1n) is 6.65. The van der Waals surface area contributed by atoms with Gasteiger partial charge in [0.05, 0.1) is 16.8 Å². The normalized spacial score (nSPS) is 25.0. The maximum Gasteiger partial charge on any atom is 0.137 e. The first-order chi connectivity index (χ1) is 9.11. The summed E-state index contributed by atoms with van der Waals surface area (Å²) in [6.45, 7) is 4.64. The van der Waals surface area contributed by atoms with Crippen molar-refractivity contribution >= 4 is 17.2 Å². The third-order valence-electron chi connectivity index (χ3n) is 3.85. The summed E-state index contributed by atoms with van der Waals surface area (Å²) in [5, 5.41) is 10.6. The molecule has 0 radical (unpaired) electrons. The van der Waals surface area contributed by atoms with E-state index >= 15 is 0 Å². The number of hydrogen-bond acceptors (Lipinski definition) is 3. The molecule has 2 unspecified atom stereocenters. The molecule has 3 heterocycles. The van der Waals surface area contributed by atoms with E-state index < -0.39 is 0 Å². The van der Waals surface area contributed by atoms with Gasteiger partial charge in [-0.15, -0.1) is 0 Å². The molecule has 0 amide bonds. The van der Waals surface area contributed by atoms with Gasteiger partial charge in [-0.25, -0.2) is 4.98 Å². The molecule has 5 heteroatoms. The van der Waals surface area contributed by atoms with Crippen molar-refractivity contribution in [1.29, 1.82) is 0 Å². The number of pyridine rings is 1. The number of likely N-dealkylation sites (tertiary alicyclic amines) is 1. The molecule has 0 aliphatic carbocycles. The molecule has 1 fully saturated rings. The molecule has 2 aromatic heterocycles. The number of nitrogens with zero attached hydrogens (tertiary/aromatic N) is 3. The Bertz CT molecular complexity index is 583. The van der Waals surface area contributed by atoms with Gasteiger partial charge in [0.25, 0.3) is 0 Å². The maximum atomic E-state index is 9.92. The zero-order valence-corrected chi connectivity index (χ0v) is 11.7. The van der Waals surface area contributed by atoms with Crippen LogP contribution in [-0.2, 0) is 6.54 Å². The summed E-state index contributed by atoms with van der Waals surface area (Å²) >= 11 is 5.96. The Balaban J connectivity index is 1.74. The Morgan fingerprint density at radius 2 is 2.26 bits per heavy atom. The van der Waals surface area contributed by atoms with Crippen LogP contribution in [-0.4, -0.2) is 38.6 Å². The van der Waals surface area contributed by atoms with Crippen molar-refractivity contribution in [3.8, 4) is 0 Å². The monoisotopic (exact) mass is 279 g/mol. The zero-order chi connectivity index (χ0) is 13.4. The average molecular weight is 280 g/mol. The molecule has 0 bridgehead atoms. The lowest BCUT2D eigenvalue weighted by molar-refractivity contribution is 0.0255. The van der Waals surface area contributed by atoms with Crippen molar-refractivity contribution < 1.29 is 5.11 Å². The highest BCUT2D eigenvalue weighted by molar-refractivity contribution is 6.30. The number of hydrogen-bond donors (Lipinski definition) is 1. The van der Waals surface area contributed by atoms with E-state index in [9.17, 15) is 5.11 Å². The van der Waals surface area contributed by atoms with Crippen molar-refractivity contribution in [2.45, 2.75) is 26.0 Å². The minimum absolute atomic E-state index is 0.222. The molecule has 102 valence electrons. The molecule has 3 rings (SSSR count). The molecule has 1 aliphatic rings. The van der Waals surface area contributed by atoms with E-state index in [0.717, 1.165) is 37.4 Å². The van der Waals surface area contributed by atoms with E-state index in [2.05, 4.69) is 16.8 Å². The Hall–Kier alpha value is -1.10. The predicted molar refractivity (Wildman–Crippen MR) is 75.3 cm³/mol. The second-order valence-corrected chi connectivity index (χ2v) is 5.85. The number of halogens is 1. The summed E-state index contributed by atoms with van der Waals surface area (Å²) in [6, 6.07) is 3.76. The Kier molecular flexibility index (Phi) is 3.48. The summed E-state index contributed by atoms with van der Waals surface area (Å²) < 4.78 is 1.95. The summed E-state index contributed by atoms with van der Waals surface area (Å²) in [4.78, 5) is 6.83. The molecule has 1 aliphatic heterocycles. The second-order valence-electron chi connectivity index (χ2n) is 5.41. The molecular formula is C14H18ClN3O. The van der Waals surface area contributed by atoms with Crippen molar-refractivity contribution in [3.63, 3.8) is 0 Å². The van der Waals surface area contributed by atoms with Gasteiger partial charge in [0.15, 0.2) is 0 Å². The fourth-order valence-electron chi connectivity index (χ4n) is 2.58. The highest BCUT2D eigenvalue weighted by Crippen LogP contribution is 2.19. The standard InChI is InChI=1S/C14H18ClN3O/c1-10-4-5-17(9-13(10)19)7-12-8-18-6-11(15)2-3-14(18)16-12/h2-3,6,8,10,13,19H,4-5,7,9H2,1H3. The van der Waals surface area contributed by atoms with Crippen LogP contribution in [0, 0.1) is 5.92 Å². The SMILES string of the molecule is CC1CCN(Cc2cn3cc(Cl)ccc3n2)CC1O. The number of aromatic nitrogens is 2. The first kappa shape index (κ1) is 12.9. The van der Waals surface area contributed by atoms with Crippen LogP contribution >= 0.6 is 11.6 Å². The van der Waals surface area contributed by atoms with Gasteiger partial charge >= 0.3 is 0 Å². The van der Waals surface area contributed by atoms with Crippen LogP contribution in [0.15, 0.2) is 24.5 Å². The van der Waals surface area contributed by atoms with Crippen LogP contribution in [0.2, 0.25) is 5.02 Å². The maximum absolute atomic E-state index is 9.92. The van der Waals surface area contributed by atoms with E-state index in [-0.39, 0.29) is 6.10 Å². The van der Waals surface area contributed by atoms with Crippen LogP contribution in [0.4, 0.5) is 0 Å². The third-order valence-corrected chi connectivity index (χ3v) is 4.08. The van der Waals surface area contributed by atoms with Crippen LogP contribution in [0.3, 0.4) is 0 Å². The minimum atomic E-state index is -0.222. The van der Waals surface area contributed by atoms with Gasteiger partial charge in [0.1, 0.15) is 5.65 Å². The van der Waals surface area contributed by atoms with E-state index in [4.69, 9.17) is 11.6 Å². The number of rotatable bonds is 2. The summed E-state index contributed by atoms with van der Waals surface area (Å²) in [5.74, 6) is 0.399. The van der Waals surface area contributed by atoms with Gasteiger partial charge in [-0.3, -0.25) is 4.90 Å². The quantitative estimate of drug-likeness (QED) is 0.916. The van der Waals surface area contributed by atoms with Crippen molar-refractivity contribution in [1.82, 2.24) is 14.3 Å².